The van der Waals surface area contributed by atoms with Crippen molar-refractivity contribution in [2.24, 2.45) is 13.0 Å². The van der Waals surface area contributed by atoms with E-state index in [-0.39, 0.29) is 11.7 Å². The average molecular weight is 412 g/mol. The van der Waals surface area contributed by atoms with Gasteiger partial charge in [0.2, 0.25) is 0 Å². The van der Waals surface area contributed by atoms with Gasteiger partial charge in [0.05, 0.1) is 17.1 Å². The Bertz CT molecular complexity index is 912. The molecule has 6 nitrogen and oxygen atoms in total. The minimum absolute atomic E-state index is 0.145. The summed E-state index contributed by atoms with van der Waals surface area (Å²) in [5.74, 6) is 0.725. The van der Waals surface area contributed by atoms with E-state index in [1.165, 1.54) is 57.4 Å². The van der Waals surface area contributed by atoms with Crippen LogP contribution < -0.4 is 16.3 Å². The summed E-state index contributed by atoms with van der Waals surface area (Å²) in [5.41, 5.74) is 3.79. The number of nitrogens with zero attached hydrogens (tertiary/aromatic N) is 3. The second-order valence-corrected chi connectivity index (χ2v) is 9.66. The number of hydrogen-bond acceptors (Lipinski definition) is 4. The van der Waals surface area contributed by atoms with Crippen LogP contribution in [0.25, 0.3) is 11.0 Å². The van der Waals surface area contributed by atoms with Crippen molar-refractivity contribution in [3.05, 3.63) is 34.2 Å². The number of benzene rings is 1. The van der Waals surface area contributed by atoms with Crippen LogP contribution in [0.5, 0.6) is 0 Å². The van der Waals surface area contributed by atoms with Crippen LogP contribution in [-0.4, -0.2) is 59.3 Å². The summed E-state index contributed by atoms with van der Waals surface area (Å²) in [6.07, 6.45) is 8.49. The third kappa shape index (κ3) is 3.85. The van der Waals surface area contributed by atoms with Crippen molar-refractivity contribution in [2.75, 3.05) is 39.3 Å². The van der Waals surface area contributed by atoms with E-state index in [9.17, 15) is 4.79 Å². The van der Waals surface area contributed by atoms with Gasteiger partial charge in [0, 0.05) is 19.6 Å². The fourth-order valence-corrected chi connectivity index (χ4v) is 6.10. The van der Waals surface area contributed by atoms with E-state index in [1.807, 2.05) is 11.6 Å². The third-order valence-corrected chi connectivity index (χ3v) is 7.81. The van der Waals surface area contributed by atoms with Crippen molar-refractivity contribution >= 4 is 11.0 Å². The van der Waals surface area contributed by atoms with Gasteiger partial charge >= 0.3 is 5.69 Å². The number of rotatable bonds is 4. The van der Waals surface area contributed by atoms with E-state index in [4.69, 9.17) is 0 Å². The number of likely N-dealkylation sites (tertiary alicyclic amines) is 1. The molecule has 30 heavy (non-hydrogen) atoms. The summed E-state index contributed by atoms with van der Waals surface area (Å²) in [7, 11) is 1.96. The standard InChI is InChI=1S/C24H37N5O/c1-27-23-19(16-18-9-14-28(15-10-18)20-7-12-25-13-8-20)4-2-6-22(23)29(24(27)30)21-5-3-11-26-17-21/h2,4,6,18,20-21,25-26H,3,5,7-17H2,1H3. The molecular weight excluding hydrogens is 374 g/mol. The number of aryl methyl sites for hydroxylation is 1. The van der Waals surface area contributed by atoms with Gasteiger partial charge in [-0.1, -0.05) is 12.1 Å². The summed E-state index contributed by atoms with van der Waals surface area (Å²) in [4.78, 5) is 15.9. The second-order valence-electron chi connectivity index (χ2n) is 9.66. The topological polar surface area (TPSA) is 54.2 Å². The van der Waals surface area contributed by atoms with Gasteiger partial charge in [-0.2, -0.15) is 0 Å². The molecule has 3 aliphatic heterocycles. The first-order chi connectivity index (χ1) is 14.7. The molecule has 6 heteroatoms. The molecule has 0 amide bonds. The minimum Gasteiger partial charge on any atom is -0.317 e. The highest BCUT2D eigenvalue weighted by Crippen LogP contribution is 2.29. The molecule has 2 N–H and O–H groups in total. The van der Waals surface area contributed by atoms with E-state index in [1.54, 1.807) is 0 Å². The maximum absolute atomic E-state index is 13.1. The summed E-state index contributed by atoms with van der Waals surface area (Å²) < 4.78 is 3.97. The number of hydrogen-bond donors (Lipinski definition) is 2. The zero-order valence-corrected chi connectivity index (χ0v) is 18.4. The number of para-hydroxylation sites is 1. The highest BCUT2D eigenvalue weighted by atomic mass is 16.1. The lowest BCUT2D eigenvalue weighted by Crippen LogP contribution is -2.46. The SMILES string of the molecule is Cn1c(=O)n(C2CCCNC2)c2cccc(CC3CCN(C4CCNCC4)CC3)c21. The van der Waals surface area contributed by atoms with Gasteiger partial charge in [-0.05, 0) is 95.2 Å². The molecule has 2 aromatic rings. The molecule has 0 aliphatic carbocycles. The van der Waals surface area contributed by atoms with Gasteiger partial charge in [-0.15, -0.1) is 0 Å². The van der Waals surface area contributed by atoms with Crippen LogP contribution in [0.2, 0.25) is 0 Å². The Morgan fingerprint density at radius 3 is 2.50 bits per heavy atom. The van der Waals surface area contributed by atoms with Crippen LogP contribution in [0.1, 0.15) is 50.1 Å². The minimum atomic E-state index is 0.145. The first-order valence-corrected chi connectivity index (χ1v) is 12.1. The monoisotopic (exact) mass is 411 g/mol. The second kappa shape index (κ2) is 8.85. The third-order valence-electron chi connectivity index (χ3n) is 7.81. The summed E-state index contributed by atoms with van der Waals surface area (Å²) in [6, 6.07) is 7.63. The fraction of sp³-hybridized carbons (Fsp3) is 0.708. The Balaban J connectivity index is 1.33. The number of fused-ring (bicyclic) bond motifs is 1. The summed E-state index contributed by atoms with van der Waals surface area (Å²) in [6.45, 7) is 6.79. The number of imidazole rings is 1. The summed E-state index contributed by atoms with van der Waals surface area (Å²) >= 11 is 0. The normalized spacial score (nSPS) is 25.2. The number of nitrogens with one attached hydrogen (secondary N) is 2. The molecule has 1 atom stereocenters. The number of piperidine rings is 3. The van der Waals surface area contributed by atoms with Crippen LogP contribution in [0, 0.1) is 5.92 Å². The zero-order chi connectivity index (χ0) is 20.5. The zero-order valence-electron chi connectivity index (χ0n) is 18.4. The molecule has 0 radical (unpaired) electrons. The molecular formula is C24H37N5O. The van der Waals surface area contributed by atoms with Crippen LogP contribution in [0.4, 0.5) is 0 Å². The molecule has 3 fully saturated rings. The van der Waals surface area contributed by atoms with Gasteiger partial charge < -0.3 is 15.5 Å². The predicted molar refractivity (Wildman–Crippen MR) is 122 cm³/mol. The first-order valence-electron chi connectivity index (χ1n) is 12.1. The largest absolute Gasteiger partial charge is 0.329 e. The molecule has 3 saturated heterocycles. The molecule has 1 unspecified atom stereocenters. The van der Waals surface area contributed by atoms with Crippen molar-refractivity contribution in [3.63, 3.8) is 0 Å². The van der Waals surface area contributed by atoms with E-state index in [2.05, 4.69) is 38.3 Å². The van der Waals surface area contributed by atoms with Crippen molar-refractivity contribution in [1.29, 1.82) is 0 Å². The van der Waals surface area contributed by atoms with Crippen LogP contribution in [0.3, 0.4) is 0 Å². The molecule has 164 valence electrons. The van der Waals surface area contributed by atoms with Gasteiger partial charge in [0.25, 0.3) is 0 Å². The molecule has 3 aliphatic rings. The van der Waals surface area contributed by atoms with Crippen LogP contribution >= 0.6 is 0 Å². The molecule has 0 spiro atoms. The Hall–Kier alpha value is -1.63. The molecule has 0 saturated carbocycles. The smallest absolute Gasteiger partial charge is 0.317 e. The lowest BCUT2D eigenvalue weighted by atomic mass is 9.88. The van der Waals surface area contributed by atoms with Gasteiger partial charge in [-0.25, -0.2) is 4.79 Å². The molecule has 4 heterocycles. The lowest BCUT2D eigenvalue weighted by Gasteiger charge is -2.39. The number of aromatic nitrogens is 2. The van der Waals surface area contributed by atoms with Crippen LogP contribution in [-0.2, 0) is 13.5 Å². The average Bonchev–Trinajstić information content (AvgIpc) is 3.06. The molecule has 5 rings (SSSR count). The van der Waals surface area contributed by atoms with Crippen LogP contribution in [0.15, 0.2) is 23.0 Å². The highest BCUT2D eigenvalue weighted by Gasteiger charge is 2.27. The van der Waals surface area contributed by atoms with Crippen molar-refractivity contribution in [2.45, 2.75) is 57.0 Å². The van der Waals surface area contributed by atoms with E-state index in [0.29, 0.717) is 0 Å². The fourth-order valence-electron chi connectivity index (χ4n) is 6.10. The van der Waals surface area contributed by atoms with Crippen molar-refractivity contribution in [1.82, 2.24) is 24.7 Å². The highest BCUT2D eigenvalue weighted by molar-refractivity contribution is 5.80. The lowest BCUT2D eigenvalue weighted by molar-refractivity contribution is 0.111. The van der Waals surface area contributed by atoms with Gasteiger partial charge in [0.1, 0.15) is 0 Å². The first kappa shape index (κ1) is 20.3. The van der Waals surface area contributed by atoms with Crippen molar-refractivity contribution in [3.8, 4) is 0 Å². The molecule has 0 bridgehead atoms. The maximum Gasteiger partial charge on any atom is 0.329 e. The van der Waals surface area contributed by atoms with E-state index in [0.717, 1.165) is 55.3 Å². The maximum atomic E-state index is 13.1. The Morgan fingerprint density at radius 1 is 0.967 bits per heavy atom. The van der Waals surface area contributed by atoms with E-state index >= 15 is 0 Å². The van der Waals surface area contributed by atoms with Crippen molar-refractivity contribution < 1.29 is 0 Å². The van der Waals surface area contributed by atoms with Gasteiger partial charge in [0.15, 0.2) is 0 Å². The Labute approximate surface area is 179 Å². The molecule has 1 aromatic heterocycles. The van der Waals surface area contributed by atoms with E-state index < -0.39 is 0 Å². The Kier molecular flexibility index (Phi) is 5.98. The Morgan fingerprint density at radius 2 is 1.77 bits per heavy atom. The molecule has 1 aromatic carbocycles. The predicted octanol–water partition coefficient (Wildman–Crippen LogP) is 2.27. The van der Waals surface area contributed by atoms with Gasteiger partial charge in [-0.3, -0.25) is 9.13 Å². The quantitative estimate of drug-likeness (QED) is 0.811. The summed E-state index contributed by atoms with van der Waals surface area (Å²) in [5, 5.41) is 6.96.